The second kappa shape index (κ2) is 6.76. The van der Waals surface area contributed by atoms with Crippen molar-refractivity contribution < 1.29 is 8.42 Å². The van der Waals surface area contributed by atoms with Crippen molar-refractivity contribution >= 4 is 21.4 Å². The number of hydrogen-bond donors (Lipinski definition) is 1. The quantitative estimate of drug-likeness (QED) is 0.755. The molecular formula is C16H16N4O2S2. The maximum atomic E-state index is 11.8. The number of benzene rings is 1. The first-order chi connectivity index (χ1) is 11.5. The van der Waals surface area contributed by atoms with Crippen LogP contribution in [-0.4, -0.2) is 30.4 Å². The zero-order chi connectivity index (χ0) is 17.2. The normalized spacial score (nSPS) is 11.6. The molecule has 0 atom stereocenters. The second-order valence-electron chi connectivity index (χ2n) is 5.13. The topological polar surface area (TPSA) is 84.8 Å². The average molecular weight is 360 g/mol. The van der Waals surface area contributed by atoms with E-state index < -0.39 is 10.0 Å². The number of aromatic nitrogens is 3. The Bertz CT molecular complexity index is 936. The number of thiazole rings is 1. The van der Waals surface area contributed by atoms with Crippen molar-refractivity contribution in [2.24, 2.45) is 0 Å². The minimum absolute atomic E-state index is 0.246. The van der Waals surface area contributed by atoms with Crippen molar-refractivity contribution in [1.82, 2.24) is 19.7 Å². The van der Waals surface area contributed by atoms with Crippen LogP contribution in [0.2, 0.25) is 0 Å². The Hall–Kier alpha value is -2.16. The minimum atomic E-state index is -3.42. The van der Waals surface area contributed by atoms with Gasteiger partial charge in [-0.25, -0.2) is 18.1 Å². The van der Waals surface area contributed by atoms with Gasteiger partial charge < -0.3 is 0 Å². The van der Waals surface area contributed by atoms with E-state index in [-0.39, 0.29) is 4.90 Å². The summed E-state index contributed by atoms with van der Waals surface area (Å²) in [5.41, 5.74) is 2.74. The predicted octanol–water partition coefficient (Wildman–Crippen LogP) is 2.41. The van der Waals surface area contributed by atoms with E-state index in [4.69, 9.17) is 0 Å². The zero-order valence-electron chi connectivity index (χ0n) is 13.2. The van der Waals surface area contributed by atoms with Crippen molar-refractivity contribution in [3.8, 4) is 10.4 Å². The molecule has 0 radical (unpaired) electrons. The van der Waals surface area contributed by atoms with Gasteiger partial charge in [0.2, 0.25) is 10.0 Å². The van der Waals surface area contributed by atoms with E-state index in [2.05, 4.69) is 19.7 Å². The van der Waals surface area contributed by atoms with Crippen LogP contribution in [0.3, 0.4) is 0 Å². The summed E-state index contributed by atoms with van der Waals surface area (Å²) in [4.78, 5) is 14.2. The van der Waals surface area contributed by atoms with E-state index >= 15 is 0 Å². The standard InChI is InChI=1S/C16H16N4O2S2/c1-11-16(12-3-5-14(6-4-12)24(21,22)17-2)23-15(20-11)9-13-10-18-7-8-19-13/h3-8,10,17H,9H2,1-2H3. The lowest BCUT2D eigenvalue weighted by Gasteiger charge is -2.03. The fourth-order valence-electron chi connectivity index (χ4n) is 2.28. The largest absolute Gasteiger partial charge is 0.261 e. The third kappa shape index (κ3) is 3.50. The van der Waals surface area contributed by atoms with Gasteiger partial charge >= 0.3 is 0 Å². The molecule has 3 rings (SSSR count). The SMILES string of the molecule is CNS(=O)(=O)c1ccc(-c2sc(Cc3cnccn3)nc2C)cc1. The zero-order valence-corrected chi connectivity index (χ0v) is 14.9. The fraction of sp³-hybridized carbons (Fsp3) is 0.188. The maximum absolute atomic E-state index is 11.8. The smallest absolute Gasteiger partial charge is 0.240 e. The van der Waals surface area contributed by atoms with Gasteiger partial charge in [0, 0.05) is 25.0 Å². The van der Waals surface area contributed by atoms with Gasteiger partial charge in [0.05, 0.1) is 26.2 Å². The van der Waals surface area contributed by atoms with Gasteiger partial charge in [-0.1, -0.05) is 12.1 Å². The highest BCUT2D eigenvalue weighted by molar-refractivity contribution is 7.89. The molecule has 2 heterocycles. The molecule has 0 unspecified atom stereocenters. The predicted molar refractivity (Wildman–Crippen MR) is 93.4 cm³/mol. The van der Waals surface area contributed by atoms with Crippen LogP contribution in [0.1, 0.15) is 16.4 Å². The highest BCUT2D eigenvalue weighted by Crippen LogP contribution is 2.31. The molecular weight excluding hydrogens is 344 g/mol. The molecule has 0 aliphatic rings. The first kappa shape index (κ1) is 16.7. The summed E-state index contributed by atoms with van der Waals surface area (Å²) in [7, 11) is -2.02. The van der Waals surface area contributed by atoms with Crippen LogP contribution in [0.4, 0.5) is 0 Å². The summed E-state index contributed by atoms with van der Waals surface area (Å²) in [5.74, 6) is 0. The van der Waals surface area contributed by atoms with E-state index in [0.717, 1.165) is 26.8 Å². The van der Waals surface area contributed by atoms with Gasteiger partial charge in [0.1, 0.15) is 0 Å². The third-order valence-corrected chi connectivity index (χ3v) is 6.12. The average Bonchev–Trinajstić information content (AvgIpc) is 2.96. The summed E-state index contributed by atoms with van der Waals surface area (Å²) in [6.07, 6.45) is 5.67. The van der Waals surface area contributed by atoms with E-state index in [9.17, 15) is 8.42 Å². The van der Waals surface area contributed by atoms with Crippen LogP contribution in [0.5, 0.6) is 0 Å². The lowest BCUT2D eigenvalue weighted by molar-refractivity contribution is 0.588. The van der Waals surface area contributed by atoms with Crippen LogP contribution in [0, 0.1) is 6.92 Å². The third-order valence-electron chi connectivity index (χ3n) is 3.49. The number of sulfonamides is 1. The molecule has 24 heavy (non-hydrogen) atoms. The second-order valence-corrected chi connectivity index (χ2v) is 8.10. The lowest BCUT2D eigenvalue weighted by atomic mass is 10.2. The molecule has 0 amide bonds. The molecule has 0 bridgehead atoms. The van der Waals surface area contributed by atoms with Gasteiger partial charge in [0.15, 0.2) is 0 Å². The Morgan fingerprint density at radius 1 is 1.17 bits per heavy atom. The first-order valence-electron chi connectivity index (χ1n) is 7.25. The monoisotopic (exact) mass is 360 g/mol. The molecule has 0 fully saturated rings. The Morgan fingerprint density at radius 2 is 1.92 bits per heavy atom. The van der Waals surface area contributed by atoms with Crippen LogP contribution < -0.4 is 4.72 Å². The molecule has 124 valence electrons. The summed E-state index contributed by atoms with van der Waals surface area (Å²) in [6, 6.07) is 6.80. The lowest BCUT2D eigenvalue weighted by Crippen LogP contribution is -2.18. The van der Waals surface area contributed by atoms with Crippen molar-refractivity contribution in [3.05, 3.63) is 59.3 Å². The van der Waals surface area contributed by atoms with Crippen LogP contribution in [0.15, 0.2) is 47.8 Å². The molecule has 1 aromatic carbocycles. The number of rotatable bonds is 5. The number of hydrogen-bond acceptors (Lipinski definition) is 6. The van der Waals surface area contributed by atoms with Gasteiger partial charge in [-0.2, -0.15) is 0 Å². The molecule has 0 saturated carbocycles. The summed E-state index contributed by atoms with van der Waals surface area (Å²) in [5, 5.41) is 0.954. The van der Waals surface area contributed by atoms with Crippen LogP contribution in [-0.2, 0) is 16.4 Å². The minimum Gasteiger partial charge on any atom is -0.261 e. The molecule has 0 saturated heterocycles. The molecule has 8 heteroatoms. The van der Waals surface area contributed by atoms with E-state index in [1.54, 1.807) is 54.2 Å². The molecule has 2 aromatic heterocycles. The number of aryl methyl sites for hydroxylation is 1. The summed E-state index contributed by atoms with van der Waals surface area (Å²) >= 11 is 1.58. The van der Waals surface area contributed by atoms with Crippen molar-refractivity contribution in [2.45, 2.75) is 18.2 Å². The van der Waals surface area contributed by atoms with E-state index in [1.807, 2.05) is 6.92 Å². The highest BCUT2D eigenvalue weighted by atomic mass is 32.2. The van der Waals surface area contributed by atoms with Gasteiger partial charge in [0.25, 0.3) is 0 Å². The number of nitrogens with zero attached hydrogens (tertiary/aromatic N) is 3. The van der Waals surface area contributed by atoms with Crippen molar-refractivity contribution in [1.29, 1.82) is 0 Å². The van der Waals surface area contributed by atoms with Crippen molar-refractivity contribution in [3.63, 3.8) is 0 Å². The molecule has 6 nitrogen and oxygen atoms in total. The Balaban J connectivity index is 1.88. The van der Waals surface area contributed by atoms with Crippen LogP contribution >= 0.6 is 11.3 Å². The summed E-state index contributed by atoms with van der Waals surface area (Å²) < 4.78 is 25.9. The molecule has 3 aromatic rings. The highest BCUT2D eigenvalue weighted by Gasteiger charge is 2.14. The Kier molecular flexibility index (Phi) is 4.70. The van der Waals surface area contributed by atoms with E-state index in [0.29, 0.717) is 6.42 Å². The molecule has 0 aliphatic carbocycles. The number of nitrogens with one attached hydrogen (secondary N) is 1. The van der Waals surface area contributed by atoms with Gasteiger partial charge in [-0.05, 0) is 31.7 Å². The van der Waals surface area contributed by atoms with Crippen molar-refractivity contribution in [2.75, 3.05) is 7.05 Å². The van der Waals surface area contributed by atoms with Gasteiger partial charge in [-0.3, -0.25) is 9.97 Å². The summed E-state index contributed by atoms with van der Waals surface area (Å²) in [6.45, 7) is 1.95. The van der Waals surface area contributed by atoms with E-state index in [1.165, 1.54) is 7.05 Å². The first-order valence-corrected chi connectivity index (χ1v) is 9.55. The van der Waals surface area contributed by atoms with Crippen LogP contribution in [0.25, 0.3) is 10.4 Å². The molecule has 0 spiro atoms. The van der Waals surface area contributed by atoms with Gasteiger partial charge in [-0.15, -0.1) is 11.3 Å². The fourth-order valence-corrected chi connectivity index (χ4v) is 4.09. The Labute approximate surface area is 144 Å². The maximum Gasteiger partial charge on any atom is 0.240 e. The molecule has 1 N–H and O–H groups in total. The molecule has 0 aliphatic heterocycles. The Morgan fingerprint density at radius 3 is 2.54 bits per heavy atom.